The number of carbonyl (C=O) groups excluding carboxylic acids is 3. The first kappa shape index (κ1) is 18.4. The Kier molecular flexibility index (Phi) is 5.40. The molecule has 0 saturated carbocycles. The molecule has 7 heteroatoms. The monoisotopic (exact) mass is 367 g/mol. The Morgan fingerprint density at radius 3 is 2.41 bits per heavy atom. The predicted molar refractivity (Wildman–Crippen MR) is 103 cm³/mol. The van der Waals surface area contributed by atoms with Crippen LogP contribution in [0.25, 0.3) is 0 Å². The van der Waals surface area contributed by atoms with Gasteiger partial charge in [0.05, 0.1) is 13.0 Å². The smallest absolute Gasteiger partial charge is 0.413 e. The Bertz CT molecular complexity index is 836. The highest BCUT2D eigenvalue weighted by Gasteiger charge is 2.35. The summed E-state index contributed by atoms with van der Waals surface area (Å²) in [5, 5.41) is 2.83. The fourth-order valence-electron chi connectivity index (χ4n) is 3.00. The van der Waals surface area contributed by atoms with Crippen molar-refractivity contribution in [2.75, 3.05) is 35.8 Å². The summed E-state index contributed by atoms with van der Waals surface area (Å²) in [6.07, 6.45) is -0.290. The summed E-state index contributed by atoms with van der Waals surface area (Å²) in [6, 6.07) is 16.2. The van der Waals surface area contributed by atoms with E-state index >= 15 is 0 Å². The van der Waals surface area contributed by atoms with Crippen LogP contribution in [0.4, 0.5) is 21.9 Å². The Balaban J connectivity index is 1.62. The molecule has 1 aliphatic rings. The number of ether oxygens (including phenoxy) is 1. The van der Waals surface area contributed by atoms with E-state index in [-0.39, 0.29) is 18.2 Å². The van der Waals surface area contributed by atoms with Crippen molar-refractivity contribution in [2.24, 2.45) is 5.92 Å². The molecule has 1 atom stereocenters. The maximum absolute atomic E-state index is 12.5. The molecular formula is C20H21N3O4. The summed E-state index contributed by atoms with van der Waals surface area (Å²) >= 11 is 0. The van der Waals surface area contributed by atoms with Gasteiger partial charge in [-0.15, -0.1) is 0 Å². The topological polar surface area (TPSA) is 79.0 Å². The Hall–Kier alpha value is -3.35. The van der Waals surface area contributed by atoms with Crippen molar-refractivity contribution < 1.29 is 19.1 Å². The van der Waals surface area contributed by atoms with Crippen molar-refractivity contribution >= 4 is 35.0 Å². The van der Waals surface area contributed by atoms with E-state index in [0.717, 1.165) is 5.69 Å². The second-order valence-electron chi connectivity index (χ2n) is 6.31. The quantitative estimate of drug-likeness (QED) is 0.901. The summed E-state index contributed by atoms with van der Waals surface area (Å²) in [6.45, 7) is 0.359. The van der Waals surface area contributed by atoms with E-state index in [1.165, 1.54) is 12.0 Å². The highest BCUT2D eigenvalue weighted by Crippen LogP contribution is 2.26. The van der Waals surface area contributed by atoms with E-state index in [2.05, 4.69) is 10.1 Å². The van der Waals surface area contributed by atoms with Crippen molar-refractivity contribution in [3.05, 3.63) is 54.6 Å². The normalized spacial score (nSPS) is 16.1. The van der Waals surface area contributed by atoms with Crippen LogP contribution in [-0.4, -0.2) is 38.6 Å². The van der Waals surface area contributed by atoms with Gasteiger partial charge in [0.25, 0.3) is 0 Å². The maximum atomic E-state index is 12.5. The van der Waals surface area contributed by atoms with Crippen LogP contribution >= 0.6 is 0 Å². The van der Waals surface area contributed by atoms with Gasteiger partial charge in [0.1, 0.15) is 0 Å². The molecule has 0 radical (unpaired) electrons. The zero-order chi connectivity index (χ0) is 19.4. The predicted octanol–water partition coefficient (Wildman–Crippen LogP) is 2.88. The molecule has 27 heavy (non-hydrogen) atoms. The second-order valence-corrected chi connectivity index (χ2v) is 6.31. The number of hydrogen-bond donors (Lipinski definition) is 1. The number of carbonyl (C=O) groups is 3. The molecule has 7 nitrogen and oxygen atoms in total. The van der Waals surface area contributed by atoms with Gasteiger partial charge in [0.2, 0.25) is 11.8 Å². The van der Waals surface area contributed by atoms with E-state index in [1.807, 2.05) is 30.3 Å². The van der Waals surface area contributed by atoms with Crippen molar-refractivity contribution in [1.82, 2.24) is 0 Å². The fourth-order valence-corrected chi connectivity index (χ4v) is 3.00. The van der Waals surface area contributed by atoms with Crippen LogP contribution in [0.5, 0.6) is 0 Å². The highest BCUT2D eigenvalue weighted by molar-refractivity contribution is 6.03. The van der Waals surface area contributed by atoms with Crippen LogP contribution in [0.3, 0.4) is 0 Å². The third-order valence-electron chi connectivity index (χ3n) is 4.53. The molecule has 1 saturated heterocycles. The molecule has 140 valence electrons. The lowest BCUT2D eigenvalue weighted by atomic mass is 10.1. The van der Waals surface area contributed by atoms with Crippen molar-refractivity contribution in [3.63, 3.8) is 0 Å². The lowest BCUT2D eigenvalue weighted by Gasteiger charge is -2.17. The molecule has 1 aliphatic heterocycles. The third kappa shape index (κ3) is 4.08. The van der Waals surface area contributed by atoms with E-state index in [9.17, 15) is 14.4 Å². The van der Waals surface area contributed by atoms with Crippen LogP contribution < -0.4 is 15.1 Å². The Morgan fingerprint density at radius 1 is 1.11 bits per heavy atom. The summed E-state index contributed by atoms with van der Waals surface area (Å²) in [5.41, 5.74) is 2.05. The van der Waals surface area contributed by atoms with Crippen LogP contribution in [-0.2, 0) is 14.3 Å². The number of nitrogens with one attached hydrogen (secondary N) is 1. The summed E-state index contributed by atoms with van der Waals surface area (Å²) < 4.78 is 4.67. The maximum Gasteiger partial charge on any atom is 0.413 e. The number of hydrogen-bond acceptors (Lipinski definition) is 4. The minimum Gasteiger partial charge on any atom is -0.452 e. The summed E-state index contributed by atoms with van der Waals surface area (Å²) in [4.78, 5) is 39.3. The van der Waals surface area contributed by atoms with E-state index in [4.69, 9.17) is 0 Å². The fraction of sp³-hybridized carbons (Fsp3) is 0.250. The van der Waals surface area contributed by atoms with E-state index in [1.54, 1.807) is 36.2 Å². The minimum absolute atomic E-state index is 0.0589. The molecule has 2 aromatic carbocycles. The number of para-hydroxylation sites is 1. The number of rotatable bonds is 4. The zero-order valence-corrected chi connectivity index (χ0v) is 15.2. The van der Waals surface area contributed by atoms with Gasteiger partial charge in [-0.3, -0.25) is 14.5 Å². The first-order valence-corrected chi connectivity index (χ1v) is 8.57. The van der Waals surface area contributed by atoms with Gasteiger partial charge >= 0.3 is 6.09 Å². The molecule has 2 aromatic rings. The van der Waals surface area contributed by atoms with Gasteiger partial charge in [-0.1, -0.05) is 18.2 Å². The molecule has 3 rings (SSSR count). The number of anilines is 3. The SMILES string of the molecule is COC(=O)N(C)c1ccc(NC(=O)[C@@H]2CC(=O)N(c3ccccc3)C2)cc1. The molecule has 1 fully saturated rings. The van der Waals surface area contributed by atoms with E-state index in [0.29, 0.717) is 17.9 Å². The number of nitrogens with zero attached hydrogens (tertiary/aromatic N) is 2. The average molecular weight is 367 g/mol. The molecule has 0 bridgehead atoms. The molecule has 0 aliphatic carbocycles. The largest absolute Gasteiger partial charge is 0.452 e. The van der Waals surface area contributed by atoms with Crippen molar-refractivity contribution in [3.8, 4) is 0 Å². The molecule has 0 aromatic heterocycles. The molecule has 1 heterocycles. The van der Waals surface area contributed by atoms with Crippen LogP contribution in [0.2, 0.25) is 0 Å². The number of benzene rings is 2. The average Bonchev–Trinajstić information content (AvgIpc) is 3.10. The molecule has 3 amide bonds. The van der Waals surface area contributed by atoms with Gasteiger partial charge in [-0.2, -0.15) is 0 Å². The summed E-state index contributed by atoms with van der Waals surface area (Å²) in [5.74, 6) is -0.664. The molecular weight excluding hydrogens is 346 g/mol. The first-order valence-electron chi connectivity index (χ1n) is 8.57. The minimum atomic E-state index is -0.475. The lowest BCUT2D eigenvalue weighted by molar-refractivity contribution is -0.122. The lowest BCUT2D eigenvalue weighted by Crippen LogP contribution is -2.28. The second kappa shape index (κ2) is 7.90. The summed E-state index contributed by atoms with van der Waals surface area (Å²) in [7, 11) is 2.91. The van der Waals surface area contributed by atoms with Gasteiger partial charge in [0.15, 0.2) is 0 Å². The van der Waals surface area contributed by atoms with Crippen LogP contribution in [0, 0.1) is 5.92 Å². The number of amides is 3. The first-order chi connectivity index (χ1) is 13.0. The standard InChI is InChI=1S/C20H21N3O4/c1-22(20(26)27-2)16-10-8-15(9-11-16)21-19(25)14-12-18(24)23(13-14)17-6-4-3-5-7-17/h3-11,14H,12-13H2,1-2H3,(H,21,25)/t14-/m1/s1. The third-order valence-corrected chi connectivity index (χ3v) is 4.53. The molecule has 0 spiro atoms. The van der Waals surface area contributed by atoms with Crippen molar-refractivity contribution in [2.45, 2.75) is 6.42 Å². The van der Waals surface area contributed by atoms with Gasteiger partial charge in [-0.25, -0.2) is 4.79 Å². The number of methoxy groups -OCH3 is 1. The Morgan fingerprint density at radius 2 is 1.78 bits per heavy atom. The highest BCUT2D eigenvalue weighted by atomic mass is 16.5. The molecule has 1 N–H and O–H groups in total. The molecule has 0 unspecified atom stereocenters. The van der Waals surface area contributed by atoms with Crippen molar-refractivity contribution in [1.29, 1.82) is 0 Å². The van der Waals surface area contributed by atoms with Gasteiger partial charge in [-0.05, 0) is 36.4 Å². The van der Waals surface area contributed by atoms with Gasteiger partial charge < -0.3 is 15.0 Å². The van der Waals surface area contributed by atoms with E-state index < -0.39 is 12.0 Å². The van der Waals surface area contributed by atoms with Gasteiger partial charge in [0, 0.05) is 37.1 Å². The Labute approximate surface area is 157 Å². The van der Waals surface area contributed by atoms with Crippen LogP contribution in [0.15, 0.2) is 54.6 Å². The zero-order valence-electron chi connectivity index (χ0n) is 15.2. The van der Waals surface area contributed by atoms with Crippen LogP contribution in [0.1, 0.15) is 6.42 Å².